The highest BCUT2D eigenvalue weighted by atomic mass is 19.4. The number of carboxylic acids is 1. The Bertz CT molecular complexity index is 4250. The smallest absolute Gasteiger partial charge is 0.475 e. The summed E-state index contributed by atoms with van der Waals surface area (Å²) in [4.78, 5) is 55.9. The lowest BCUT2D eigenvalue weighted by Gasteiger charge is -2.32. The minimum Gasteiger partial charge on any atom is -0.475 e. The van der Waals surface area contributed by atoms with Crippen molar-refractivity contribution >= 4 is 73.2 Å². The molecule has 2 aliphatic heterocycles. The van der Waals surface area contributed by atoms with Crippen molar-refractivity contribution in [3.63, 3.8) is 0 Å². The molecule has 0 aromatic carbocycles. The third kappa shape index (κ3) is 15.4. The molecule has 12 aromatic rings. The number of halogens is 3. The first-order valence-corrected chi connectivity index (χ1v) is 27.1. The highest BCUT2D eigenvalue weighted by molar-refractivity contribution is 5.91. The maximum atomic E-state index is 12.2. The molecule has 29 heteroatoms. The van der Waals surface area contributed by atoms with Crippen LogP contribution in [-0.4, -0.2) is 140 Å². The molecule has 0 atom stereocenters. The van der Waals surface area contributed by atoms with E-state index in [9.17, 15) is 18.0 Å². The Labute approximate surface area is 492 Å². The van der Waals surface area contributed by atoms with Gasteiger partial charge in [-0.3, -0.25) is 13.7 Å². The fourth-order valence-electron chi connectivity index (χ4n) is 9.07. The van der Waals surface area contributed by atoms with Crippen LogP contribution in [0.25, 0.3) is 67.1 Å². The number of piperidine rings is 2. The van der Waals surface area contributed by atoms with Gasteiger partial charge in [0.2, 0.25) is 17.7 Å². The van der Waals surface area contributed by atoms with Gasteiger partial charge < -0.3 is 45.0 Å². The number of amides is 1. The van der Waals surface area contributed by atoms with E-state index in [0.717, 1.165) is 94.2 Å². The number of nitrogens with one attached hydrogen (secondary N) is 2. The average Bonchev–Trinajstić information content (AvgIpc) is 3.14. The molecular formula is C58H58F3N19O7. The molecule has 26 nitrogen and oxygen atoms in total. The molecule has 12 aromatic heterocycles. The summed E-state index contributed by atoms with van der Waals surface area (Å²) in [6.45, 7) is 8.87. The molecule has 14 rings (SSSR count). The number of fused-ring (bicyclic) bond motifs is 5. The number of carbonyl (C=O) groups is 2. The number of hydrogen-bond acceptors (Lipinski definition) is 18. The number of rotatable bonds is 4. The highest BCUT2D eigenvalue weighted by Gasteiger charge is 2.38. The van der Waals surface area contributed by atoms with Crippen LogP contribution in [0.4, 0.5) is 18.0 Å². The van der Waals surface area contributed by atoms with Crippen LogP contribution in [0.5, 0.6) is 0 Å². The van der Waals surface area contributed by atoms with E-state index < -0.39 is 17.7 Å². The largest absolute Gasteiger partial charge is 0.490 e. The van der Waals surface area contributed by atoms with Crippen LogP contribution in [0.3, 0.4) is 0 Å². The molecule has 1 amide bonds. The van der Waals surface area contributed by atoms with Crippen molar-refractivity contribution in [1.82, 2.24) is 78.7 Å². The monoisotopic (exact) mass is 1190 g/mol. The number of hydrogen-bond donors (Lipinski definition) is 5. The number of aromatic nitrogens is 14. The Morgan fingerprint density at radius 2 is 1.13 bits per heavy atom. The number of ether oxygens (including phenoxy) is 1. The van der Waals surface area contributed by atoms with E-state index in [4.69, 9.17) is 39.9 Å². The topological polar surface area (TPSA) is 339 Å². The standard InChI is InChI=1S/C19H23N5O3.C14H15N5O.C8H8N4O.C8H5N3.C7H6N2.C2HF3O2/c1-19(2,3)26-18(25)23-10-6-14(7-11-23)16-21-17(22-27-16)24-12-8-13-5-4-9-20-15(13)24;1-2-10-5-9-19(12(10)16-6-1)14-17-13(20-18-14)11-3-7-15-8-4-11;9-8(11-13)12-5-3-6-2-1-4-10-7(6)12;9-6-11-5-3-7-2-1-4-10-8(7)11;1-2-6-3-5-9-7(6)8-4-1;3-2(4,5)1(6)7/h4-5,8-9,12,14H,6-7,10-11H2,1-3H3;1-2,5-6,9,11,15H,3-4,7-8H2;1-5,13H,(H2,9,11);1-5H;1-5H,(H,8,9);(H,6,7). The quantitative estimate of drug-likeness (QED) is 0.0473. The van der Waals surface area contributed by atoms with Crippen LogP contribution in [0.1, 0.15) is 70.1 Å². The molecule has 0 bridgehead atoms. The molecule has 0 aliphatic carbocycles. The van der Waals surface area contributed by atoms with E-state index >= 15 is 0 Å². The number of oxime groups is 1. The summed E-state index contributed by atoms with van der Waals surface area (Å²) >= 11 is 0. The van der Waals surface area contributed by atoms with Gasteiger partial charge in [0.1, 0.15) is 28.2 Å². The molecule has 14 heterocycles. The molecule has 87 heavy (non-hydrogen) atoms. The Hall–Kier alpha value is -11.0. The van der Waals surface area contributed by atoms with Gasteiger partial charge in [-0.2, -0.15) is 28.4 Å². The maximum Gasteiger partial charge on any atom is 0.490 e. The third-order valence-corrected chi connectivity index (χ3v) is 13.3. The van der Waals surface area contributed by atoms with Crippen LogP contribution in [0.15, 0.2) is 167 Å². The summed E-state index contributed by atoms with van der Waals surface area (Å²) in [5.74, 6) is 0.139. The summed E-state index contributed by atoms with van der Waals surface area (Å²) in [6, 6.07) is 29.0. The molecule has 2 aliphatic rings. The number of alkyl halides is 3. The number of nitriles is 1. The number of carbonyl (C=O) groups excluding carboxylic acids is 1. The van der Waals surface area contributed by atoms with Crippen molar-refractivity contribution < 1.29 is 46.9 Å². The molecule has 2 saturated heterocycles. The van der Waals surface area contributed by atoms with E-state index in [2.05, 4.69) is 60.7 Å². The molecule has 2 fully saturated rings. The number of aromatic amines is 1. The summed E-state index contributed by atoms with van der Waals surface area (Å²) in [5, 5.41) is 43.9. The van der Waals surface area contributed by atoms with Crippen molar-refractivity contribution in [2.45, 2.75) is 70.1 Å². The minimum atomic E-state index is -5.08. The van der Waals surface area contributed by atoms with Gasteiger partial charge in [-0.05, 0) is 161 Å². The van der Waals surface area contributed by atoms with E-state index in [1.807, 2.05) is 146 Å². The summed E-state index contributed by atoms with van der Waals surface area (Å²) < 4.78 is 54.8. The van der Waals surface area contributed by atoms with Crippen LogP contribution in [-0.2, 0) is 9.53 Å². The first-order valence-electron chi connectivity index (χ1n) is 27.1. The van der Waals surface area contributed by atoms with Crippen molar-refractivity contribution in [1.29, 1.82) is 5.26 Å². The van der Waals surface area contributed by atoms with Gasteiger partial charge in [0.15, 0.2) is 11.8 Å². The molecular weight excluding hydrogens is 1130 g/mol. The predicted molar refractivity (Wildman–Crippen MR) is 312 cm³/mol. The SMILES string of the molecule is CC(C)(C)OC(=O)N1CCC(c2nc(-n3ccc4cccnc43)no2)CC1.N#Cn1ccc2cccnc21.N/C(=N\O)n1ccc2cccnc21.O=C(O)C(F)(F)F.c1cnc2[nH]ccc2c1.c1cnc2c(c1)ccn2-c1noc(C2CCNCC2)n1. The van der Waals surface area contributed by atoms with Crippen molar-refractivity contribution in [2.75, 3.05) is 26.2 Å². The number of aliphatic carboxylic acids is 1. The second-order valence-electron chi connectivity index (χ2n) is 20.3. The molecule has 0 spiro atoms. The normalized spacial score (nSPS) is 13.9. The maximum absolute atomic E-state index is 12.2. The van der Waals surface area contributed by atoms with Gasteiger partial charge in [0.05, 0.1) is 0 Å². The van der Waals surface area contributed by atoms with Crippen molar-refractivity contribution in [3.8, 4) is 18.1 Å². The van der Waals surface area contributed by atoms with Gasteiger partial charge in [-0.25, -0.2) is 39.1 Å². The zero-order valence-corrected chi connectivity index (χ0v) is 47.0. The third-order valence-electron chi connectivity index (χ3n) is 13.3. The van der Waals surface area contributed by atoms with Crippen molar-refractivity contribution in [3.05, 3.63) is 165 Å². The van der Waals surface area contributed by atoms with Crippen LogP contribution >= 0.6 is 0 Å². The number of nitrogens with two attached hydrogens (primary N) is 1. The lowest BCUT2D eigenvalue weighted by molar-refractivity contribution is -0.192. The van der Waals surface area contributed by atoms with Gasteiger partial charge in [-0.15, -0.1) is 0 Å². The zero-order valence-electron chi connectivity index (χ0n) is 47.0. The lowest BCUT2D eigenvalue weighted by atomic mass is 9.97. The summed E-state index contributed by atoms with van der Waals surface area (Å²) in [6.07, 6.45) is 18.0. The van der Waals surface area contributed by atoms with Crippen LogP contribution < -0.4 is 11.1 Å². The first kappa shape index (κ1) is 60.6. The Balaban J connectivity index is 0.000000132. The number of carboxylic acid groups (broad SMARTS) is 1. The Morgan fingerprint density at radius 1 is 0.667 bits per heavy atom. The number of pyridine rings is 5. The molecule has 0 unspecified atom stereocenters. The summed E-state index contributed by atoms with van der Waals surface area (Å²) in [5.41, 5.74) is 8.94. The van der Waals surface area contributed by atoms with Gasteiger partial charge in [0, 0.05) is 114 Å². The van der Waals surface area contributed by atoms with E-state index in [1.165, 1.54) is 9.13 Å². The average molecular weight is 1190 g/mol. The second-order valence-corrected chi connectivity index (χ2v) is 20.3. The van der Waals surface area contributed by atoms with E-state index in [0.29, 0.717) is 42.4 Å². The van der Waals surface area contributed by atoms with Gasteiger partial charge in [0.25, 0.3) is 11.9 Å². The fraction of sp³-hybridized carbons (Fsp3) is 0.259. The van der Waals surface area contributed by atoms with Crippen molar-refractivity contribution in [2.24, 2.45) is 10.9 Å². The summed E-state index contributed by atoms with van der Waals surface area (Å²) in [7, 11) is 0. The van der Waals surface area contributed by atoms with E-state index in [1.54, 1.807) is 48.3 Å². The van der Waals surface area contributed by atoms with Gasteiger partial charge in [-0.1, -0.05) is 5.16 Å². The van der Waals surface area contributed by atoms with Crippen LogP contribution in [0, 0.1) is 11.5 Å². The number of H-pyrrole nitrogens is 1. The molecule has 0 radical (unpaired) electrons. The first-order chi connectivity index (χ1) is 42.0. The second kappa shape index (κ2) is 27.6. The zero-order chi connectivity index (χ0) is 61.5. The fourth-order valence-corrected chi connectivity index (χ4v) is 9.07. The number of likely N-dealkylation sites (tertiary alicyclic amines) is 1. The van der Waals surface area contributed by atoms with Crippen LogP contribution in [0.2, 0.25) is 0 Å². The highest BCUT2D eigenvalue weighted by Crippen LogP contribution is 2.29. The molecule has 6 N–H and O–H groups in total. The lowest BCUT2D eigenvalue weighted by Crippen LogP contribution is -2.41. The number of nitrogens with zero attached hydrogens (tertiary/aromatic N) is 16. The Kier molecular flexibility index (Phi) is 19.2. The van der Waals surface area contributed by atoms with Gasteiger partial charge >= 0.3 is 18.2 Å². The molecule has 0 saturated carbocycles. The minimum absolute atomic E-state index is 0.00806. The van der Waals surface area contributed by atoms with E-state index in [-0.39, 0.29) is 18.0 Å². The predicted octanol–water partition coefficient (Wildman–Crippen LogP) is 9.55. The Morgan fingerprint density at radius 3 is 1.63 bits per heavy atom. The molecule has 448 valence electrons.